The van der Waals surface area contributed by atoms with Crippen molar-refractivity contribution in [1.82, 2.24) is 4.31 Å². The quantitative estimate of drug-likeness (QED) is 0.919. The van der Waals surface area contributed by atoms with Crippen LogP contribution in [0.5, 0.6) is 0 Å². The summed E-state index contributed by atoms with van der Waals surface area (Å²) in [6, 6.07) is 3.80. The second-order valence-electron chi connectivity index (χ2n) is 4.64. The van der Waals surface area contributed by atoms with Gasteiger partial charge in [-0.1, -0.05) is 29.3 Å². The number of sulfonamides is 1. The van der Waals surface area contributed by atoms with Crippen LogP contribution in [0.1, 0.15) is 13.3 Å². The highest BCUT2D eigenvalue weighted by atomic mass is 35.5. The van der Waals surface area contributed by atoms with Crippen molar-refractivity contribution in [1.29, 1.82) is 0 Å². The van der Waals surface area contributed by atoms with Crippen molar-refractivity contribution in [2.45, 2.75) is 24.3 Å². The van der Waals surface area contributed by atoms with Crippen molar-refractivity contribution in [3.8, 4) is 0 Å². The van der Waals surface area contributed by atoms with Gasteiger partial charge in [-0.3, -0.25) is 4.79 Å². The molecule has 1 fully saturated rings. The molecule has 0 aliphatic carbocycles. The third kappa shape index (κ3) is 2.53. The fourth-order valence-corrected chi connectivity index (χ4v) is 5.20. The Bertz CT molecular complexity index is 627. The normalized spacial score (nSPS) is 23.9. The molecule has 1 aliphatic heterocycles. The monoisotopic (exact) mass is 337 g/mol. The number of hydrogen-bond donors (Lipinski definition) is 1. The van der Waals surface area contributed by atoms with E-state index in [1.807, 2.05) is 0 Å². The second-order valence-corrected chi connectivity index (χ2v) is 7.28. The zero-order valence-corrected chi connectivity index (χ0v) is 12.9. The first-order chi connectivity index (χ1) is 9.26. The molecule has 0 saturated carbocycles. The zero-order valence-electron chi connectivity index (χ0n) is 10.6. The summed E-state index contributed by atoms with van der Waals surface area (Å²) in [5, 5.41) is 9.14. The third-order valence-corrected chi connectivity index (χ3v) is 6.44. The molecule has 5 nitrogen and oxygen atoms in total. The van der Waals surface area contributed by atoms with Crippen molar-refractivity contribution in [3.63, 3.8) is 0 Å². The van der Waals surface area contributed by atoms with Crippen LogP contribution in [0, 0.1) is 5.92 Å². The van der Waals surface area contributed by atoms with Crippen LogP contribution in [-0.4, -0.2) is 36.4 Å². The van der Waals surface area contributed by atoms with Gasteiger partial charge in [0.2, 0.25) is 10.0 Å². The number of benzene rings is 1. The highest BCUT2D eigenvalue weighted by molar-refractivity contribution is 7.89. The van der Waals surface area contributed by atoms with E-state index >= 15 is 0 Å². The van der Waals surface area contributed by atoms with E-state index in [0.717, 1.165) is 4.31 Å². The van der Waals surface area contributed by atoms with Crippen LogP contribution in [-0.2, 0) is 14.8 Å². The number of carboxylic acid groups (broad SMARTS) is 1. The van der Waals surface area contributed by atoms with Crippen molar-refractivity contribution >= 4 is 39.2 Å². The maximum Gasteiger partial charge on any atom is 0.308 e. The minimum Gasteiger partial charge on any atom is -0.481 e. The Balaban J connectivity index is 2.45. The number of rotatable bonds is 3. The van der Waals surface area contributed by atoms with Gasteiger partial charge in [-0.05, 0) is 25.5 Å². The molecule has 110 valence electrons. The van der Waals surface area contributed by atoms with Crippen LogP contribution in [0.15, 0.2) is 23.1 Å². The molecule has 0 radical (unpaired) electrons. The van der Waals surface area contributed by atoms with Gasteiger partial charge in [-0.2, -0.15) is 4.31 Å². The average molecular weight is 338 g/mol. The standard InChI is InChI=1S/C12H13Cl2NO4S/c1-7-8(12(16)17)5-6-15(7)20(18,19)11-9(13)3-2-4-10(11)14/h2-4,7-8H,5-6H2,1H3,(H,16,17). The van der Waals surface area contributed by atoms with Gasteiger partial charge in [0.1, 0.15) is 4.90 Å². The van der Waals surface area contributed by atoms with Gasteiger partial charge >= 0.3 is 5.97 Å². The largest absolute Gasteiger partial charge is 0.481 e. The SMILES string of the molecule is CC1C(C(=O)O)CCN1S(=O)(=O)c1c(Cl)cccc1Cl. The first kappa shape index (κ1) is 15.6. The molecule has 0 bridgehead atoms. The first-order valence-electron chi connectivity index (χ1n) is 5.95. The van der Waals surface area contributed by atoms with Gasteiger partial charge < -0.3 is 5.11 Å². The Morgan fingerprint density at radius 1 is 1.35 bits per heavy atom. The number of aliphatic carboxylic acids is 1. The zero-order chi connectivity index (χ0) is 15.1. The molecule has 1 aliphatic rings. The molecule has 2 unspecified atom stereocenters. The lowest BCUT2D eigenvalue weighted by Gasteiger charge is -2.23. The molecule has 20 heavy (non-hydrogen) atoms. The van der Waals surface area contributed by atoms with Crippen molar-refractivity contribution < 1.29 is 18.3 Å². The summed E-state index contributed by atoms with van der Waals surface area (Å²) >= 11 is 11.9. The van der Waals surface area contributed by atoms with E-state index in [-0.39, 0.29) is 27.9 Å². The molecule has 1 heterocycles. The molecule has 8 heteroatoms. The molecule has 1 saturated heterocycles. The summed E-state index contributed by atoms with van der Waals surface area (Å²) in [6.07, 6.45) is 0.276. The Hall–Kier alpha value is -0.820. The summed E-state index contributed by atoms with van der Waals surface area (Å²) in [5.74, 6) is -1.72. The smallest absolute Gasteiger partial charge is 0.308 e. The van der Waals surface area contributed by atoms with Gasteiger partial charge in [0.15, 0.2) is 0 Å². The summed E-state index contributed by atoms with van der Waals surface area (Å²) in [7, 11) is -3.91. The van der Waals surface area contributed by atoms with Crippen molar-refractivity contribution in [2.24, 2.45) is 5.92 Å². The van der Waals surface area contributed by atoms with Crippen LogP contribution in [0.2, 0.25) is 10.0 Å². The van der Waals surface area contributed by atoms with Crippen molar-refractivity contribution in [3.05, 3.63) is 28.2 Å². The predicted molar refractivity (Wildman–Crippen MR) is 75.6 cm³/mol. The Morgan fingerprint density at radius 2 is 1.90 bits per heavy atom. The van der Waals surface area contributed by atoms with Crippen LogP contribution in [0.4, 0.5) is 0 Å². The minimum absolute atomic E-state index is 0.0310. The Morgan fingerprint density at radius 3 is 2.35 bits per heavy atom. The van der Waals surface area contributed by atoms with Crippen LogP contribution in [0.25, 0.3) is 0 Å². The van der Waals surface area contributed by atoms with Crippen molar-refractivity contribution in [2.75, 3.05) is 6.54 Å². The maximum absolute atomic E-state index is 12.6. The van der Waals surface area contributed by atoms with Gasteiger partial charge in [-0.25, -0.2) is 8.42 Å². The van der Waals surface area contributed by atoms with Gasteiger partial charge in [0, 0.05) is 12.6 Å². The predicted octanol–water partition coefficient (Wildman–Crippen LogP) is 2.48. The topological polar surface area (TPSA) is 74.7 Å². The molecule has 1 aromatic carbocycles. The van der Waals surface area contributed by atoms with Gasteiger partial charge in [0.05, 0.1) is 16.0 Å². The summed E-state index contributed by atoms with van der Waals surface area (Å²) in [5.41, 5.74) is 0. The van der Waals surface area contributed by atoms with E-state index in [0.29, 0.717) is 0 Å². The maximum atomic E-state index is 12.6. The minimum atomic E-state index is -3.91. The average Bonchev–Trinajstić information content (AvgIpc) is 2.71. The van der Waals surface area contributed by atoms with E-state index in [9.17, 15) is 13.2 Å². The molecule has 0 spiro atoms. The Kier molecular flexibility index (Phi) is 4.30. The molecule has 2 rings (SSSR count). The van der Waals surface area contributed by atoms with E-state index < -0.39 is 28.0 Å². The summed E-state index contributed by atoms with van der Waals surface area (Å²) < 4.78 is 26.4. The molecule has 0 aromatic heterocycles. The fourth-order valence-electron chi connectivity index (χ4n) is 2.43. The lowest BCUT2D eigenvalue weighted by Crippen LogP contribution is -2.37. The second kappa shape index (κ2) is 5.52. The van der Waals surface area contributed by atoms with Crippen LogP contribution >= 0.6 is 23.2 Å². The lowest BCUT2D eigenvalue weighted by molar-refractivity contribution is -0.142. The van der Waals surface area contributed by atoms with Gasteiger partial charge in [-0.15, -0.1) is 0 Å². The molecular weight excluding hydrogens is 325 g/mol. The van der Waals surface area contributed by atoms with Gasteiger partial charge in [0.25, 0.3) is 0 Å². The molecule has 1 N–H and O–H groups in total. The Labute approximate surface area is 127 Å². The van der Waals surface area contributed by atoms with Crippen LogP contribution in [0.3, 0.4) is 0 Å². The summed E-state index contributed by atoms with van der Waals surface area (Å²) in [4.78, 5) is 10.9. The fraction of sp³-hybridized carbons (Fsp3) is 0.417. The molecular formula is C12H13Cl2NO4S. The van der Waals surface area contributed by atoms with E-state index in [2.05, 4.69) is 0 Å². The van der Waals surface area contributed by atoms with Crippen LogP contribution < -0.4 is 0 Å². The first-order valence-corrected chi connectivity index (χ1v) is 8.15. The highest BCUT2D eigenvalue weighted by Gasteiger charge is 2.43. The molecule has 0 amide bonds. The highest BCUT2D eigenvalue weighted by Crippen LogP contribution is 2.36. The number of nitrogens with zero attached hydrogens (tertiary/aromatic N) is 1. The molecule has 1 aromatic rings. The molecule has 2 atom stereocenters. The number of hydrogen-bond acceptors (Lipinski definition) is 3. The number of carbonyl (C=O) groups is 1. The summed E-state index contributed by atoms with van der Waals surface area (Å²) in [6.45, 7) is 1.72. The lowest BCUT2D eigenvalue weighted by atomic mass is 10.0. The number of carboxylic acids is 1. The van der Waals surface area contributed by atoms with E-state index in [4.69, 9.17) is 28.3 Å². The van der Waals surface area contributed by atoms with E-state index in [1.54, 1.807) is 13.0 Å². The third-order valence-electron chi connectivity index (χ3n) is 3.50. The number of halogens is 2. The van der Waals surface area contributed by atoms with E-state index in [1.165, 1.54) is 12.1 Å².